The van der Waals surface area contributed by atoms with Crippen LogP contribution in [-0.4, -0.2) is 36.2 Å². The smallest absolute Gasteiger partial charge is 0.120 e. The van der Waals surface area contributed by atoms with E-state index in [1.807, 2.05) is 13.1 Å². The summed E-state index contributed by atoms with van der Waals surface area (Å²) in [6.45, 7) is 6.68. The van der Waals surface area contributed by atoms with Crippen LogP contribution < -0.4 is 5.32 Å². The molecule has 3 nitrogen and oxygen atoms in total. The van der Waals surface area contributed by atoms with Crippen molar-refractivity contribution < 1.29 is 5.11 Å². The van der Waals surface area contributed by atoms with Gasteiger partial charge in [-0.05, 0) is 62.9 Å². The maximum absolute atomic E-state index is 10.4. The van der Waals surface area contributed by atoms with Gasteiger partial charge in [-0.15, -0.1) is 0 Å². The van der Waals surface area contributed by atoms with E-state index in [1.54, 1.807) is 0 Å². The fourth-order valence-corrected chi connectivity index (χ4v) is 4.33. The Morgan fingerprint density at radius 1 is 1.35 bits per heavy atom. The van der Waals surface area contributed by atoms with Crippen LogP contribution in [0.15, 0.2) is 12.1 Å². The third-order valence-electron chi connectivity index (χ3n) is 5.15. The molecule has 20 heavy (non-hydrogen) atoms. The molecule has 1 aliphatic carbocycles. The fraction of sp³-hybridized carbons (Fsp3) is 0.647. The average molecular weight is 274 g/mol. The molecule has 0 amide bonds. The Hall–Kier alpha value is -1.06. The van der Waals surface area contributed by atoms with Crippen LogP contribution in [0.5, 0.6) is 5.75 Å². The first-order valence-electron chi connectivity index (χ1n) is 7.86. The molecule has 0 bridgehead atoms. The van der Waals surface area contributed by atoms with E-state index in [9.17, 15) is 5.11 Å². The maximum Gasteiger partial charge on any atom is 0.120 e. The summed E-state index contributed by atoms with van der Waals surface area (Å²) >= 11 is 0. The molecule has 110 valence electrons. The van der Waals surface area contributed by atoms with Crippen molar-refractivity contribution >= 4 is 0 Å². The summed E-state index contributed by atoms with van der Waals surface area (Å²) in [7, 11) is 2.03. The van der Waals surface area contributed by atoms with Crippen LogP contribution in [0.2, 0.25) is 0 Å². The Balaban J connectivity index is 1.97. The molecular weight excluding hydrogens is 248 g/mol. The third-order valence-corrected chi connectivity index (χ3v) is 5.15. The fourth-order valence-electron chi connectivity index (χ4n) is 4.33. The number of hydrogen-bond acceptors (Lipinski definition) is 3. The van der Waals surface area contributed by atoms with Crippen LogP contribution in [-0.2, 0) is 0 Å². The van der Waals surface area contributed by atoms with E-state index >= 15 is 0 Å². The van der Waals surface area contributed by atoms with E-state index in [4.69, 9.17) is 0 Å². The molecule has 1 aliphatic heterocycles. The lowest BCUT2D eigenvalue weighted by atomic mass is 9.97. The van der Waals surface area contributed by atoms with Crippen molar-refractivity contribution in [3.05, 3.63) is 28.8 Å². The van der Waals surface area contributed by atoms with Crippen LogP contribution in [0, 0.1) is 6.92 Å². The van der Waals surface area contributed by atoms with E-state index in [-0.39, 0.29) is 0 Å². The normalized spacial score (nSPS) is 29.9. The number of phenolic OH excluding ortho intramolecular Hbond substituents is 1. The van der Waals surface area contributed by atoms with Crippen molar-refractivity contribution in [1.82, 2.24) is 10.2 Å². The SMILES string of the molecule is CNCC1CCCN1C1CC(C)c2c(C)ccc(O)c21. The molecule has 1 aromatic carbocycles. The van der Waals surface area contributed by atoms with Gasteiger partial charge in [-0.1, -0.05) is 13.0 Å². The number of phenols is 1. The lowest BCUT2D eigenvalue weighted by molar-refractivity contribution is 0.172. The molecule has 3 heteroatoms. The number of nitrogens with one attached hydrogen (secondary N) is 1. The molecular formula is C17H26N2O. The summed E-state index contributed by atoms with van der Waals surface area (Å²) in [5.41, 5.74) is 3.93. The zero-order valence-electron chi connectivity index (χ0n) is 12.8. The van der Waals surface area contributed by atoms with Gasteiger partial charge in [0.2, 0.25) is 0 Å². The Morgan fingerprint density at radius 3 is 2.90 bits per heavy atom. The second kappa shape index (κ2) is 5.38. The highest BCUT2D eigenvalue weighted by Crippen LogP contribution is 2.50. The molecule has 2 N–H and O–H groups in total. The van der Waals surface area contributed by atoms with E-state index in [2.05, 4.69) is 30.1 Å². The lowest BCUT2D eigenvalue weighted by Gasteiger charge is -2.31. The van der Waals surface area contributed by atoms with Crippen molar-refractivity contribution in [2.75, 3.05) is 20.1 Å². The van der Waals surface area contributed by atoms with Crippen molar-refractivity contribution in [3.63, 3.8) is 0 Å². The maximum atomic E-state index is 10.4. The summed E-state index contributed by atoms with van der Waals surface area (Å²) in [6, 6.07) is 4.95. The van der Waals surface area contributed by atoms with Gasteiger partial charge >= 0.3 is 0 Å². The summed E-state index contributed by atoms with van der Waals surface area (Å²) in [5, 5.41) is 13.7. The largest absolute Gasteiger partial charge is 0.508 e. The number of likely N-dealkylation sites (tertiary alicyclic amines) is 1. The molecule has 3 unspecified atom stereocenters. The molecule has 3 atom stereocenters. The number of fused-ring (bicyclic) bond motifs is 1. The molecule has 2 aliphatic rings. The molecule has 0 spiro atoms. The number of aryl methyl sites for hydroxylation is 1. The molecule has 3 rings (SSSR count). The molecule has 0 radical (unpaired) electrons. The summed E-state index contributed by atoms with van der Waals surface area (Å²) in [6.07, 6.45) is 3.70. The molecule has 0 aromatic heterocycles. The minimum atomic E-state index is 0.403. The van der Waals surface area contributed by atoms with E-state index in [0.717, 1.165) is 19.5 Å². The second-order valence-electron chi connectivity index (χ2n) is 6.47. The van der Waals surface area contributed by atoms with Gasteiger partial charge in [0.25, 0.3) is 0 Å². The highest BCUT2D eigenvalue weighted by molar-refractivity contribution is 5.51. The van der Waals surface area contributed by atoms with Crippen molar-refractivity contribution in [3.8, 4) is 5.75 Å². The minimum Gasteiger partial charge on any atom is -0.508 e. The Bertz CT molecular complexity index is 500. The van der Waals surface area contributed by atoms with Crippen LogP contribution in [0.1, 0.15) is 54.8 Å². The quantitative estimate of drug-likeness (QED) is 0.889. The van der Waals surface area contributed by atoms with Crippen molar-refractivity contribution in [1.29, 1.82) is 0 Å². The van der Waals surface area contributed by atoms with Crippen LogP contribution in [0.3, 0.4) is 0 Å². The van der Waals surface area contributed by atoms with Crippen LogP contribution in [0.25, 0.3) is 0 Å². The highest BCUT2D eigenvalue weighted by Gasteiger charge is 2.39. The van der Waals surface area contributed by atoms with E-state index in [1.165, 1.54) is 29.5 Å². The molecule has 1 saturated heterocycles. The van der Waals surface area contributed by atoms with Gasteiger partial charge in [0, 0.05) is 24.2 Å². The Kier molecular flexibility index (Phi) is 3.74. The van der Waals surface area contributed by atoms with Gasteiger partial charge in [0.15, 0.2) is 0 Å². The number of nitrogens with zero attached hydrogens (tertiary/aromatic N) is 1. The number of benzene rings is 1. The van der Waals surface area contributed by atoms with E-state index in [0.29, 0.717) is 23.8 Å². The van der Waals surface area contributed by atoms with Gasteiger partial charge in [-0.2, -0.15) is 0 Å². The van der Waals surface area contributed by atoms with Crippen molar-refractivity contribution in [2.24, 2.45) is 0 Å². The highest BCUT2D eigenvalue weighted by atomic mass is 16.3. The predicted molar refractivity (Wildman–Crippen MR) is 82.3 cm³/mol. The average Bonchev–Trinajstić information content (AvgIpc) is 2.99. The summed E-state index contributed by atoms with van der Waals surface area (Å²) < 4.78 is 0. The van der Waals surface area contributed by atoms with Crippen LogP contribution >= 0.6 is 0 Å². The molecule has 1 aromatic rings. The zero-order valence-corrected chi connectivity index (χ0v) is 12.8. The molecule has 1 heterocycles. The zero-order chi connectivity index (χ0) is 14.3. The van der Waals surface area contributed by atoms with Gasteiger partial charge in [0.05, 0.1) is 0 Å². The number of rotatable bonds is 3. The monoisotopic (exact) mass is 274 g/mol. The van der Waals surface area contributed by atoms with Gasteiger partial charge in [-0.25, -0.2) is 0 Å². The van der Waals surface area contributed by atoms with Gasteiger partial charge in [0.1, 0.15) is 5.75 Å². The topological polar surface area (TPSA) is 35.5 Å². The van der Waals surface area contributed by atoms with Gasteiger partial charge in [-0.3, -0.25) is 4.90 Å². The Labute approximate surface area is 122 Å². The molecule has 1 fully saturated rings. The number of aromatic hydroxyl groups is 1. The number of hydrogen-bond donors (Lipinski definition) is 2. The third kappa shape index (κ3) is 2.13. The van der Waals surface area contributed by atoms with Crippen molar-refractivity contribution in [2.45, 2.75) is 51.1 Å². The molecule has 0 saturated carbocycles. The second-order valence-corrected chi connectivity index (χ2v) is 6.47. The predicted octanol–water partition coefficient (Wildman–Crippen LogP) is 2.93. The number of likely N-dealkylation sites (N-methyl/N-ethyl adjacent to an activating group) is 1. The minimum absolute atomic E-state index is 0.403. The lowest BCUT2D eigenvalue weighted by Crippen LogP contribution is -2.38. The van der Waals surface area contributed by atoms with E-state index < -0.39 is 0 Å². The first-order chi connectivity index (χ1) is 9.63. The van der Waals surface area contributed by atoms with Gasteiger partial charge < -0.3 is 10.4 Å². The Morgan fingerprint density at radius 2 is 2.15 bits per heavy atom. The van der Waals surface area contributed by atoms with Crippen LogP contribution in [0.4, 0.5) is 0 Å². The standard InChI is InChI=1S/C17H26N2O/c1-11-6-7-15(20)17-14(9-12(2)16(11)17)19-8-4-5-13(19)10-18-3/h6-7,12-14,18,20H,4-5,8-10H2,1-3H3. The first-order valence-corrected chi connectivity index (χ1v) is 7.86. The first kappa shape index (κ1) is 13.9. The summed E-state index contributed by atoms with van der Waals surface area (Å²) in [5.74, 6) is 1.05. The summed E-state index contributed by atoms with van der Waals surface area (Å²) in [4.78, 5) is 2.62.